The van der Waals surface area contributed by atoms with Crippen LogP contribution in [0.1, 0.15) is 38.8 Å². The topological polar surface area (TPSA) is 33.1 Å². The molecule has 1 fully saturated rings. The van der Waals surface area contributed by atoms with Crippen molar-refractivity contribution in [3.05, 3.63) is 11.9 Å². The van der Waals surface area contributed by atoms with Gasteiger partial charge in [-0.15, -0.1) is 0 Å². The smallest absolute Gasteiger partial charge is 0.203 e. The van der Waals surface area contributed by atoms with Gasteiger partial charge in [-0.25, -0.2) is 4.98 Å². The van der Waals surface area contributed by atoms with Crippen LogP contribution in [0.4, 0.5) is 5.95 Å². The zero-order chi connectivity index (χ0) is 13.0. The Labute approximate surface area is 110 Å². The van der Waals surface area contributed by atoms with E-state index in [2.05, 4.69) is 46.7 Å². The highest BCUT2D eigenvalue weighted by atomic mass is 15.2. The molecule has 1 aliphatic rings. The third kappa shape index (κ3) is 3.73. The fourth-order valence-electron chi connectivity index (χ4n) is 2.52. The van der Waals surface area contributed by atoms with Crippen LogP contribution < -0.4 is 5.32 Å². The van der Waals surface area contributed by atoms with Gasteiger partial charge >= 0.3 is 0 Å². The Morgan fingerprint density at radius 1 is 1.22 bits per heavy atom. The van der Waals surface area contributed by atoms with E-state index in [1.807, 2.05) is 0 Å². The van der Waals surface area contributed by atoms with E-state index >= 15 is 0 Å². The summed E-state index contributed by atoms with van der Waals surface area (Å²) < 4.78 is 2.25. The van der Waals surface area contributed by atoms with Gasteiger partial charge < -0.3 is 14.8 Å². The maximum absolute atomic E-state index is 4.55. The molecular weight excluding hydrogens is 224 g/mol. The van der Waals surface area contributed by atoms with Crippen LogP contribution in [-0.2, 0) is 6.54 Å². The highest BCUT2D eigenvalue weighted by Crippen LogP contribution is 2.12. The maximum Gasteiger partial charge on any atom is 0.203 e. The van der Waals surface area contributed by atoms with Gasteiger partial charge in [-0.1, -0.05) is 6.42 Å². The predicted molar refractivity (Wildman–Crippen MR) is 76.0 cm³/mol. The highest BCUT2D eigenvalue weighted by molar-refractivity contribution is 5.29. The minimum atomic E-state index is 0.431. The van der Waals surface area contributed by atoms with Crippen molar-refractivity contribution in [3.8, 4) is 0 Å². The first-order valence-electron chi connectivity index (χ1n) is 7.18. The lowest BCUT2D eigenvalue weighted by Gasteiger charge is -2.26. The molecule has 1 saturated heterocycles. The van der Waals surface area contributed by atoms with Crippen LogP contribution in [-0.4, -0.2) is 40.1 Å². The first kappa shape index (κ1) is 13.4. The fraction of sp³-hybridized carbons (Fsp3) is 0.786. The number of aryl methyl sites for hydroxylation is 1. The highest BCUT2D eigenvalue weighted by Gasteiger charge is 2.11. The summed E-state index contributed by atoms with van der Waals surface area (Å²) in [4.78, 5) is 7.12. The van der Waals surface area contributed by atoms with Crippen molar-refractivity contribution in [1.29, 1.82) is 0 Å². The summed E-state index contributed by atoms with van der Waals surface area (Å²) >= 11 is 0. The summed E-state index contributed by atoms with van der Waals surface area (Å²) in [5, 5.41) is 3.42. The molecule has 102 valence electrons. The normalized spacial score (nSPS) is 17.3. The summed E-state index contributed by atoms with van der Waals surface area (Å²) in [5.41, 5.74) is 1.09. The summed E-state index contributed by atoms with van der Waals surface area (Å²) in [5.74, 6) is 1.01. The molecule has 4 nitrogen and oxygen atoms in total. The molecule has 0 amide bonds. The van der Waals surface area contributed by atoms with E-state index < -0.39 is 0 Å². The molecule has 0 saturated carbocycles. The number of hydrogen-bond acceptors (Lipinski definition) is 3. The van der Waals surface area contributed by atoms with Crippen LogP contribution >= 0.6 is 0 Å². The summed E-state index contributed by atoms with van der Waals surface area (Å²) in [7, 11) is 0. The Bertz CT molecular complexity index is 364. The Balaban J connectivity index is 1.91. The minimum absolute atomic E-state index is 0.431. The molecule has 2 heterocycles. The summed E-state index contributed by atoms with van der Waals surface area (Å²) in [6, 6.07) is 0.431. The lowest BCUT2D eigenvalue weighted by Crippen LogP contribution is -2.32. The molecule has 0 aliphatic carbocycles. The Hall–Kier alpha value is -1.03. The maximum atomic E-state index is 4.55. The molecule has 0 atom stereocenters. The molecule has 0 unspecified atom stereocenters. The molecule has 4 heteroatoms. The zero-order valence-electron chi connectivity index (χ0n) is 11.9. The Morgan fingerprint density at radius 2 is 1.94 bits per heavy atom. The van der Waals surface area contributed by atoms with Crippen molar-refractivity contribution in [2.24, 2.45) is 0 Å². The van der Waals surface area contributed by atoms with Gasteiger partial charge in [0.15, 0.2) is 0 Å². The van der Waals surface area contributed by atoms with Gasteiger partial charge in [-0.2, -0.15) is 0 Å². The van der Waals surface area contributed by atoms with Crippen LogP contribution in [0.2, 0.25) is 0 Å². The van der Waals surface area contributed by atoms with Crippen LogP contribution in [0.3, 0.4) is 0 Å². The van der Waals surface area contributed by atoms with Crippen molar-refractivity contribution >= 4 is 5.95 Å². The molecule has 1 aliphatic heterocycles. The van der Waals surface area contributed by atoms with E-state index in [1.54, 1.807) is 0 Å². The Morgan fingerprint density at radius 3 is 2.61 bits per heavy atom. The van der Waals surface area contributed by atoms with Crippen LogP contribution in [0.5, 0.6) is 0 Å². The number of hydrogen-bond donors (Lipinski definition) is 1. The number of imidazole rings is 1. The molecule has 2 rings (SSSR count). The van der Waals surface area contributed by atoms with Crippen molar-refractivity contribution in [2.75, 3.05) is 25.0 Å². The van der Waals surface area contributed by atoms with E-state index in [1.165, 1.54) is 32.4 Å². The van der Waals surface area contributed by atoms with Gasteiger partial charge in [0.25, 0.3) is 0 Å². The van der Waals surface area contributed by atoms with E-state index in [4.69, 9.17) is 0 Å². The van der Waals surface area contributed by atoms with Gasteiger partial charge in [0, 0.05) is 25.3 Å². The van der Waals surface area contributed by atoms with Crippen molar-refractivity contribution in [3.63, 3.8) is 0 Å². The lowest BCUT2D eigenvalue weighted by atomic mass is 10.1. The second kappa shape index (κ2) is 6.23. The molecule has 0 radical (unpaired) electrons. The average molecular weight is 250 g/mol. The van der Waals surface area contributed by atoms with Crippen molar-refractivity contribution in [2.45, 2.75) is 52.6 Å². The van der Waals surface area contributed by atoms with Crippen LogP contribution in [0, 0.1) is 6.92 Å². The number of aromatic nitrogens is 2. The SMILES string of the molecule is Cc1cn(CCN2CCCCC2)c(NC(C)C)n1. The lowest BCUT2D eigenvalue weighted by molar-refractivity contribution is 0.221. The molecular formula is C14H26N4. The third-order valence-corrected chi connectivity index (χ3v) is 3.42. The second-order valence-corrected chi connectivity index (χ2v) is 5.60. The number of nitrogens with one attached hydrogen (secondary N) is 1. The van der Waals surface area contributed by atoms with Gasteiger partial charge in [-0.05, 0) is 46.7 Å². The standard InChI is InChI=1S/C14H26N4/c1-12(2)15-14-16-13(3)11-18(14)10-9-17-7-5-4-6-8-17/h11-12H,4-10H2,1-3H3,(H,15,16). The minimum Gasteiger partial charge on any atom is -0.353 e. The molecule has 0 aromatic carbocycles. The molecule has 18 heavy (non-hydrogen) atoms. The predicted octanol–water partition coefficient (Wildman–Crippen LogP) is 2.50. The monoisotopic (exact) mass is 250 g/mol. The van der Waals surface area contributed by atoms with Crippen LogP contribution in [0.25, 0.3) is 0 Å². The number of nitrogens with zero attached hydrogens (tertiary/aromatic N) is 3. The van der Waals surface area contributed by atoms with Gasteiger partial charge in [0.05, 0.1) is 5.69 Å². The third-order valence-electron chi connectivity index (χ3n) is 3.42. The fourth-order valence-corrected chi connectivity index (χ4v) is 2.52. The summed E-state index contributed by atoms with van der Waals surface area (Å²) in [6.07, 6.45) is 6.27. The molecule has 1 N–H and O–H groups in total. The molecule has 0 bridgehead atoms. The van der Waals surface area contributed by atoms with Gasteiger partial charge in [0.1, 0.15) is 0 Å². The Kier molecular flexibility index (Phi) is 4.64. The largest absolute Gasteiger partial charge is 0.353 e. The zero-order valence-corrected chi connectivity index (χ0v) is 11.9. The number of piperidine rings is 1. The van der Waals surface area contributed by atoms with Gasteiger partial charge in [0.2, 0.25) is 5.95 Å². The molecule has 0 spiro atoms. The second-order valence-electron chi connectivity index (χ2n) is 5.60. The van der Waals surface area contributed by atoms with E-state index in [0.717, 1.165) is 24.7 Å². The first-order valence-corrected chi connectivity index (χ1v) is 7.18. The molecule has 1 aromatic rings. The first-order chi connectivity index (χ1) is 8.65. The molecule has 1 aromatic heterocycles. The quantitative estimate of drug-likeness (QED) is 0.871. The van der Waals surface area contributed by atoms with E-state index in [0.29, 0.717) is 6.04 Å². The van der Waals surface area contributed by atoms with E-state index in [-0.39, 0.29) is 0 Å². The average Bonchev–Trinajstić information content (AvgIpc) is 2.67. The van der Waals surface area contributed by atoms with Gasteiger partial charge in [-0.3, -0.25) is 0 Å². The van der Waals surface area contributed by atoms with Crippen LogP contribution in [0.15, 0.2) is 6.20 Å². The number of rotatable bonds is 5. The summed E-state index contributed by atoms with van der Waals surface area (Å²) in [6.45, 7) is 11.1. The van der Waals surface area contributed by atoms with E-state index in [9.17, 15) is 0 Å². The number of likely N-dealkylation sites (tertiary alicyclic amines) is 1. The van der Waals surface area contributed by atoms with Crippen molar-refractivity contribution in [1.82, 2.24) is 14.5 Å². The van der Waals surface area contributed by atoms with Crippen molar-refractivity contribution < 1.29 is 0 Å². The number of anilines is 1.